The Morgan fingerprint density at radius 2 is 1.75 bits per heavy atom. The number of aliphatic hydroxyl groups is 2. The molecule has 0 radical (unpaired) electrons. The maximum atomic E-state index is 11.6. The van der Waals surface area contributed by atoms with Crippen LogP contribution in [-0.2, 0) is 9.59 Å². The zero-order valence-corrected chi connectivity index (χ0v) is 12.1. The number of hydrogen-bond acceptors (Lipinski definition) is 6. The average Bonchev–Trinajstić information content (AvgIpc) is 2.30. The lowest BCUT2D eigenvalue weighted by Crippen LogP contribution is -2.56. The molecule has 0 aliphatic heterocycles. The topological polar surface area (TPSA) is 135 Å². The fourth-order valence-electron chi connectivity index (χ4n) is 1.39. The van der Waals surface area contributed by atoms with Crippen LogP contribution in [0.1, 0.15) is 26.7 Å². The van der Waals surface area contributed by atoms with Crippen LogP contribution < -0.4 is 0 Å². The van der Waals surface area contributed by atoms with Crippen LogP contribution in [0.4, 0.5) is 4.79 Å². The minimum atomic E-state index is -2.94. The van der Waals surface area contributed by atoms with Crippen molar-refractivity contribution in [1.82, 2.24) is 4.90 Å². The summed E-state index contributed by atoms with van der Waals surface area (Å²) in [6.07, 6.45) is -1.05. The van der Waals surface area contributed by atoms with E-state index in [1.807, 2.05) is 6.92 Å². The van der Waals surface area contributed by atoms with Crippen molar-refractivity contribution < 1.29 is 34.8 Å². The normalized spacial score (nSPS) is 12.8. The van der Waals surface area contributed by atoms with Crippen molar-refractivity contribution in [2.75, 3.05) is 11.5 Å². The van der Waals surface area contributed by atoms with E-state index in [1.54, 1.807) is 0 Å². The second kappa shape index (κ2) is 8.08. The number of aliphatic carboxylic acids is 1. The molecular weight excluding hydrogens is 290 g/mol. The SMILES string of the molecule is CCCSCCC(C(=O)O)N(C(=O)O)C(=O)C(C)(O)O. The number of amides is 2. The molecule has 0 aromatic rings. The molecule has 1 unspecified atom stereocenters. The third-order valence-corrected chi connectivity index (χ3v) is 3.53. The van der Waals surface area contributed by atoms with Gasteiger partial charge >= 0.3 is 12.1 Å². The maximum Gasteiger partial charge on any atom is 0.415 e. The predicted molar refractivity (Wildman–Crippen MR) is 71.4 cm³/mol. The third kappa shape index (κ3) is 5.76. The van der Waals surface area contributed by atoms with Crippen molar-refractivity contribution in [2.45, 2.75) is 38.5 Å². The molecule has 0 aromatic carbocycles. The summed E-state index contributed by atoms with van der Waals surface area (Å²) < 4.78 is 0. The van der Waals surface area contributed by atoms with Gasteiger partial charge in [-0.1, -0.05) is 6.92 Å². The molecule has 8 nitrogen and oxygen atoms in total. The zero-order chi connectivity index (χ0) is 15.9. The summed E-state index contributed by atoms with van der Waals surface area (Å²) >= 11 is 1.43. The van der Waals surface area contributed by atoms with E-state index in [-0.39, 0.29) is 11.3 Å². The Balaban J connectivity index is 5.02. The predicted octanol–water partition coefficient (Wildman–Crippen LogP) is 0.180. The summed E-state index contributed by atoms with van der Waals surface area (Å²) in [6.45, 7) is 2.62. The first-order valence-electron chi connectivity index (χ1n) is 5.94. The average molecular weight is 309 g/mol. The number of carbonyl (C=O) groups is 3. The van der Waals surface area contributed by atoms with Gasteiger partial charge in [0.05, 0.1) is 0 Å². The molecule has 0 fully saturated rings. The highest BCUT2D eigenvalue weighted by Crippen LogP contribution is 2.15. The minimum Gasteiger partial charge on any atom is -0.480 e. The molecule has 116 valence electrons. The van der Waals surface area contributed by atoms with Gasteiger partial charge in [-0.3, -0.25) is 4.79 Å². The number of carboxylic acids is 1. The molecule has 4 N–H and O–H groups in total. The molecule has 0 spiro atoms. The number of carbonyl (C=O) groups excluding carboxylic acids is 1. The van der Waals surface area contributed by atoms with Crippen LogP contribution >= 0.6 is 11.8 Å². The lowest BCUT2D eigenvalue weighted by Gasteiger charge is -2.28. The summed E-state index contributed by atoms with van der Waals surface area (Å²) in [6, 6.07) is -1.65. The van der Waals surface area contributed by atoms with Crippen LogP contribution in [-0.4, -0.2) is 66.6 Å². The summed E-state index contributed by atoms with van der Waals surface area (Å²) in [4.78, 5) is 33.7. The fraction of sp³-hybridized carbons (Fsp3) is 0.727. The minimum absolute atomic E-state index is 0.0468. The van der Waals surface area contributed by atoms with Crippen LogP contribution in [0.5, 0.6) is 0 Å². The molecule has 0 aromatic heterocycles. The number of nitrogens with zero attached hydrogens (tertiary/aromatic N) is 1. The lowest BCUT2D eigenvalue weighted by atomic mass is 10.1. The molecule has 0 bridgehead atoms. The van der Waals surface area contributed by atoms with E-state index in [9.17, 15) is 14.4 Å². The van der Waals surface area contributed by atoms with Gasteiger partial charge in [0, 0.05) is 0 Å². The van der Waals surface area contributed by atoms with E-state index >= 15 is 0 Å². The van der Waals surface area contributed by atoms with Crippen LogP contribution in [0.3, 0.4) is 0 Å². The van der Waals surface area contributed by atoms with Gasteiger partial charge < -0.3 is 20.4 Å². The molecule has 0 aliphatic rings. The monoisotopic (exact) mass is 309 g/mol. The van der Waals surface area contributed by atoms with Gasteiger partial charge in [-0.25, -0.2) is 14.5 Å². The van der Waals surface area contributed by atoms with E-state index in [1.165, 1.54) is 11.8 Å². The largest absolute Gasteiger partial charge is 0.480 e. The van der Waals surface area contributed by atoms with Gasteiger partial charge in [-0.15, -0.1) is 0 Å². The van der Waals surface area contributed by atoms with Gasteiger partial charge in [-0.05, 0) is 31.3 Å². The lowest BCUT2D eigenvalue weighted by molar-refractivity contribution is -0.190. The maximum absolute atomic E-state index is 11.6. The second-order valence-corrected chi connectivity index (χ2v) is 5.46. The number of carboxylic acid groups (broad SMARTS) is 2. The van der Waals surface area contributed by atoms with E-state index in [0.717, 1.165) is 12.2 Å². The molecule has 1 atom stereocenters. The van der Waals surface area contributed by atoms with Crippen molar-refractivity contribution in [3.05, 3.63) is 0 Å². The van der Waals surface area contributed by atoms with Crippen molar-refractivity contribution >= 4 is 29.7 Å². The number of hydrogen-bond donors (Lipinski definition) is 4. The van der Waals surface area contributed by atoms with Crippen molar-refractivity contribution in [1.29, 1.82) is 0 Å². The van der Waals surface area contributed by atoms with Gasteiger partial charge in [0.2, 0.25) is 5.79 Å². The molecule has 0 aliphatic carbocycles. The summed E-state index contributed by atoms with van der Waals surface area (Å²) in [5, 5.41) is 36.3. The molecule has 20 heavy (non-hydrogen) atoms. The van der Waals surface area contributed by atoms with Gasteiger partial charge in [0.1, 0.15) is 6.04 Å². The molecule has 0 rings (SSSR count). The quantitative estimate of drug-likeness (QED) is 0.368. The molecule has 0 saturated heterocycles. The highest BCUT2D eigenvalue weighted by atomic mass is 32.2. The summed E-state index contributed by atoms with van der Waals surface area (Å²) in [7, 11) is 0. The first kappa shape index (κ1) is 18.7. The Bertz CT molecular complexity index is 366. The Hall–Kier alpha value is -1.32. The van der Waals surface area contributed by atoms with Crippen molar-refractivity contribution in [3.8, 4) is 0 Å². The third-order valence-electron chi connectivity index (χ3n) is 2.31. The molecule has 9 heteroatoms. The van der Waals surface area contributed by atoms with Crippen LogP contribution in [0, 0.1) is 0 Å². The Morgan fingerprint density at radius 3 is 2.10 bits per heavy atom. The van der Waals surface area contributed by atoms with E-state index < -0.39 is 29.8 Å². The molecule has 0 saturated carbocycles. The molecule has 2 amide bonds. The fourth-order valence-corrected chi connectivity index (χ4v) is 2.28. The van der Waals surface area contributed by atoms with Crippen molar-refractivity contribution in [2.24, 2.45) is 0 Å². The standard InChI is InChI=1S/C11H19NO7S/c1-3-5-20-6-4-7(8(13)14)12(10(16)17)9(15)11(2,18)19/h7,18-19H,3-6H2,1-2H3,(H,13,14)(H,16,17). The van der Waals surface area contributed by atoms with Crippen LogP contribution in [0.2, 0.25) is 0 Å². The first-order chi connectivity index (χ1) is 9.12. The molecular formula is C11H19NO7S. The van der Waals surface area contributed by atoms with E-state index in [4.69, 9.17) is 20.4 Å². The second-order valence-electron chi connectivity index (χ2n) is 4.23. The van der Waals surface area contributed by atoms with Gasteiger partial charge in [0.15, 0.2) is 0 Å². The van der Waals surface area contributed by atoms with Crippen LogP contribution in [0.15, 0.2) is 0 Å². The number of thioether (sulfide) groups is 1. The number of rotatable bonds is 8. The summed E-state index contributed by atoms with van der Waals surface area (Å²) in [5.41, 5.74) is 0. The van der Waals surface area contributed by atoms with E-state index in [2.05, 4.69) is 0 Å². The Morgan fingerprint density at radius 1 is 1.20 bits per heavy atom. The Kier molecular flexibility index (Phi) is 7.54. The van der Waals surface area contributed by atoms with Crippen molar-refractivity contribution in [3.63, 3.8) is 0 Å². The Labute approximate surface area is 120 Å². The van der Waals surface area contributed by atoms with Crippen LogP contribution in [0.25, 0.3) is 0 Å². The zero-order valence-electron chi connectivity index (χ0n) is 11.3. The first-order valence-corrected chi connectivity index (χ1v) is 7.10. The molecule has 0 heterocycles. The smallest absolute Gasteiger partial charge is 0.415 e. The summed E-state index contributed by atoms with van der Waals surface area (Å²) in [5.74, 6) is -4.91. The highest BCUT2D eigenvalue weighted by molar-refractivity contribution is 7.99. The highest BCUT2D eigenvalue weighted by Gasteiger charge is 2.42. The van der Waals surface area contributed by atoms with Gasteiger partial charge in [-0.2, -0.15) is 11.8 Å². The van der Waals surface area contributed by atoms with Gasteiger partial charge in [0.25, 0.3) is 5.91 Å². The van der Waals surface area contributed by atoms with E-state index in [0.29, 0.717) is 12.7 Å². The number of imide groups is 1.